The van der Waals surface area contributed by atoms with E-state index < -0.39 is 0 Å². The van der Waals surface area contributed by atoms with Crippen molar-refractivity contribution < 1.29 is 0 Å². The van der Waals surface area contributed by atoms with E-state index in [1.54, 1.807) is 0 Å². The van der Waals surface area contributed by atoms with Gasteiger partial charge in [-0.25, -0.2) is 0 Å². The highest BCUT2D eigenvalue weighted by Crippen LogP contribution is 2.44. The molecule has 2 heteroatoms. The molecule has 1 heterocycles. The second-order valence-corrected chi connectivity index (χ2v) is 16.3. The number of nitrogens with zero attached hydrogens (tertiary/aromatic N) is 2. The molecule has 0 fully saturated rings. The molecule has 0 saturated heterocycles. The Labute approximate surface area is 374 Å². The molecule has 0 atom stereocenters. The quantitative estimate of drug-likeness (QED) is 0.145. The Bertz CT molecular complexity index is 3450. The van der Waals surface area contributed by atoms with E-state index in [4.69, 9.17) is 0 Å². The molecule has 12 rings (SSSR count). The van der Waals surface area contributed by atoms with Crippen LogP contribution in [0.2, 0.25) is 0 Å². The maximum absolute atomic E-state index is 2.39. The standard InChI is InChI=1S/C52H38N2.C10H8/c1-2-53(40-30-25-36(26-31-40)39-29-34-50-48(35-39)43-19-13-14-24-49(43)54(50)42-17-7-4-8-18-42)41-32-27-38(28-33-41)52-46-22-11-9-20-44(46)51(37-15-5-3-6-16-37)45-21-10-12-23-47(45)52;1-2-6-10-8-4-3-7-9(10)5-1/h3-35H,2H2,1H3;1-8H. The first-order chi connectivity index (χ1) is 31.7. The van der Waals surface area contributed by atoms with Crippen LogP contribution in [0.1, 0.15) is 6.92 Å². The predicted molar refractivity (Wildman–Crippen MR) is 275 cm³/mol. The predicted octanol–water partition coefficient (Wildman–Crippen LogP) is 17.1. The average molecular weight is 819 g/mol. The molecule has 0 N–H and O–H groups in total. The van der Waals surface area contributed by atoms with Crippen molar-refractivity contribution in [1.82, 2.24) is 4.57 Å². The van der Waals surface area contributed by atoms with Crippen molar-refractivity contribution in [2.75, 3.05) is 11.4 Å². The number of hydrogen-bond donors (Lipinski definition) is 0. The summed E-state index contributed by atoms with van der Waals surface area (Å²) in [5.41, 5.74) is 13.4. The molecule has 64 heavy (non-hydrogen) atoms. The fraction of sp³-hybridized carbons (Fsp3) is 0.0323. The molecule has 0 aliphatic carbocycles. The summed E-state index contributed by atoms with van der Waals surface area (Å²) in [6.07, 6.45) is 0. The van der Waals surface area contributed by atoms with E-state index in [1.807, 2.05) is 0 Å². The lowest BCUT2D eigenvalue weighted by Crippen LogP contribution is -2.15. The van der Waals surface area contributed by atoms with E-state index in [0.717, 1.165) is 6.54 Å². The van der Waals surface area contributed by atoms with Crippen LogP contribution in [0.5, 0.6) is 0 Å². The number of fused-ring (bicyclic) bond motifs is 6. The number of hydrogen-bond acceptors (Lipinski definition) is 1. The fourth-order valence-electron chi connectivity index (χ4n) is 9.65. The van der Waals surface area contributed by atoms with Crippen LogP contribution < -0.4 is 4.90 Å². The normalized spacial score (nSPS) is 11.3. The zero-order chi connectivity index (χ0) is 42.8. The summed E-state index contributed by atoms with van der Waals surface area (Å²) < 4.78 is 2.37. The molecule has 2 nitrogen and oxygen atoms in total. The monoisotopic (exact) mass is 818 g/mol. The highest BCUT2D eigenvalue weighted by atomic mass is 15.1. The van der Waals surface area contributed by atoms with Crippen molar-refractivity contribution in [3.8, 4) is 39.1 Å². The van der Waals surface area contributed by atoms with Crippen LogP contribution in [0.3, 0.4) is 0 Å². The van der Waals surface area contributed by atoms with Crippen LogP contribution in [-0.2, 0) is 0 Å². The van der Waals surface area contributed by atoms with E-state index >= 15 is 0 Å². The minimum Gasteiger partial charge on any atom is -0.342 e. The molecule has 0 bridgehead atoms. The topological polar surface area (TPSA) is 8.17 Å². The number of aromatic nitrogens is 1. The summed E-state index contributed by atoms with van der Waals surface area (Å²) >= 11 is 0. The van der Waals surface area contributed by atoms with Crippen LogP contribution in [0, 0.1) is 0 Å². The number of rotatable bonds is 7. The molecule has 0 aliphatic heterocycles. The Morgan fingerprint density at radius 2 is 0.703 bits per heavy atom. The highest BCUT2D eigenvalue weighted by molar-refractivity contribution is 6.21. The first-order valence-electron chi connectivity index (χ1n) is 22.2. The number of para-hydroxylation sites is 2. The van der Waals surface area contributed by atoms with Gasteiger partial charge in [-0.2, -0.15) is 0 Å². The molecule has 0 unspecified atom stereocenters. The third-order valence-corrected chi connectivity index (χ3v) is 12.6. The third-order valence-electron chi connectivity index (χ3n) is 12.6. The average Bonchev–Trinajstić information content (AvgIpc) is 3.71. The van der Waals surface area contributed by atoms with E-state index in [0.29, 0.717) is 0 Å². The molecule has 0 saturated carbocycles. The Kier molecular flexibility index (Phi) is 10.2. The van der Waals surface area contributed by atoms with Gasteiger partial charge in [0, 0.05) is 34.4 Å². The van der Waals surface area contributed by atoms with Gasteiger partial charge in [-0.3, -0.25) is 0 Å². The first-order valence-corrected chi connectivity index (χ1v) is 22.2. The zero-order valence-corrected chi connectivity index (χ0v) is 35.8. The Morgan fingerprint density at radius 3 is 1.22 bits per heavy atom. The summed E-state index contributed by atoms with van der Waals surface area (Å²) in [6.45, 7) is 3.09. The lowest BCUT2D eigenvalue weighted by Gasteiger charge is -2.24. The molecule has 0 amide bonds. The van der Waals surface area contributed by atoms with Crippen molar-refractivity contribution >= 4 is 65.5 Å². The van der Waals surface area contributed by atoms with Gasteiger partial charge in [0.15, 0.2) is 0 Å². The lowest BCUT2D eigenvalue weighted by atomic mass is 9.86. The molecule has 0 radical (unpaired) electrons. The van der Waals surface area contributed by atoms with Crippen molar-refractivity contribution in [2.24, 2.45) is 0 Å². The van der Waals surface area contributed by atoms with Crippen molar-refractivity contribution in [2.45, 2.75) is 6.92 Å². The highest BCUT2D eigenvalue weighted by Gasteiger charge is 2.18. The molecule has 11 aromatic carbocycles. The molecule has 0 aliphatic rings. The molecular formula is C62H46N2. The van der Waals surface area contributed by atoms with Gasteiger partial charge in [0.05, 0.1) is 11.0 Å². The van der Waals surface area contributed by atoms with E-state index in [9.17, 15) is 0 Å². The minimum absolute atomic E-state index is 0.862. The summed E-state index contributed by atoms with van der Waals surface area (Å²) in [5.74, 6) is 0. The number of benzene rings is 11. The van der Waals surface area contributed by atoms with Gasteiger partial charge in [-0.15, -0.1) is 0 Å². The number of anilines is 2. The van der Waals surface area contributed by atoms with Gasteiger partial charge in [-0.05, 0) is 127 Å². The summed E-state index contributed by atoms with van der Waals surface area (Å²) in [6, 6.07) is 89.6. The minimum atomic E-state index is 0.862. The summed E-state index contributed by atoms with van der Waals surface area (Å²) in [4.78, 5) is 2.39. The summed E-state index contributed by atoms with van der Waals surface area (Å²) in [7, 11) is 0. The maximum Gasteiger partial charge on any atom is 0.0541 e. The van der Waals surface area contributed by atoms with Crippen LogP contribution in [0.4, 0.5) is 11.4 Å². The van der Waals surface area contributed by atoms with Gasteiger partial charge in [0.2, 0.25) is 0 Å². The lowest BCUT2D eigenvalue weighted by molar-refractivity contribution is 1.02. The van der Waals surface area contributed by atoms with Crippen LogP contribution >= 0.6 is 0 Å². The second kappa shape index (κ2) is 16.9. The van der Waals surface area contributed by atoms with Crippen molar-refractivity contribution in [1.29, 1.82) is 0 Å². The van der Waals surface area contributed by atoms with Gasteiger partial charge < -0.3 is 9.47 Å². The van der Waals surface area contributed by atoms with E-state index in [1.165, 1.54) is 105 Å². The molecule has 304 valence electrons. The Balaban J connectivity index is 0.000000401. The largest absolute Gasteiger partial charge is 0.342 e. The van der Waals surface area contributed by atoms with Crippen molar-refractivity contribution in [3.05, 3.63) is 249 Å². The van der Waals surface area contributed by atoms with Gasteiger partial charge in [-0.1, -0.05) is 194 Å². The van der Waals surface area contributed by atoms with Gasteiger partial charge >= 0.3 is 0 Å². The Morgan fingerprint density at radius 1 is 0.312 bits per heavy atom. The fourth-order valence-corrected chi connectivity index (χ4v) is 9.65. The first kappa shape index (κ1) is 38.7. The zero-order valence-electron chi connectivity index (χ0n) is 35.8. The second-order valence-electron chi connectivity index (χ2n) is 16.3. The molecule has 0 spiro atoms. The van der Waals surface area contributed by atoms with Crippen LogP contribution in [0.25, 0.3) is 93.2 Å². The summed E-state index contributed by atoms with van der Waals surface area (Å²) in [5, 5.41) is 10.2. The smallest absolute Gasteiger partial charge is 0.0541 e. The molecule has 12 aromatic rings. The third kappa shape index (κ3) is 7.06. The maximum atomic E-state index is 2.39. The van der Waals surface area contributed by atoms with Crippen LogP contribution in [0.15, 0.2) is 249 Å². The van der Waals surface area contributed by atoms with E-state index in [2.05, 4.69) is 265 Å². The molecule has 1 aromatic heterocycles. The van der Waals surface area contributed by atoms with Crippen molar-refractivity contribution in [3.63, 3.8) is 0 Å². The van der Waals surface area contributed by atoms with Crippen LogP contribution in [-0.4, -0.2) is 11.1 Å². The SMILES string of the molecule is CCN(c1ccc(-c2ccc3c(c2)c2ccccc2n3-c2ccccc2)cc1)c1ccc(-c2c3ccccc3c(-c3ccccc3)c3ccccc23)cc1.c1ccc2ccccc2c1. The Hall–Kier alpha value is -8.20. The van der Waals surface area contributed by atoms with E-state index in [-0.39, 0.29) is 0 Å². The molecular weight excluding hydrogens is 773 g/mol. The van der Waals surface area contributed by atoms with Gasteiger partial charge in [0.25, 0.3) is 0 Å². The van der Waals surface area contributed by atoms with Gasteiger partial charge in [0.1, 0.15) is 0 Å².